The Labute approximate surface area is 197 Å². The molecule has 1 aromatic heterocycles. The van der Waals surface area contributed by atoms with Crippen molar-refractivity contribution in [2.45, 2.75) is 39.5 Å². The van der Waals surface area contributed by atoms with E-state index in [2.05, 4.69) is 21.4 Å². The standard InChI is InChI=1S/C26H26N4O4/c1-16-11-13-19(14-12-16)25(32)29-30-26(33)24-17(2)23-20(9-6-10-21(23)34-24)27-28-22(31)15-18-7-4-3-5-8-18/h3-5,7-8,11-14H,6,9-10,15H2,1-2H3,(H,28,31)(H,29,32)(H,30,33)/b27-20+. The second kappa shape index (κ2) is 10.2. The lowest BCUT2D eigenvalue weighted by Gasteiger charge is -2.13. The number of hydrogen-bond acceptors (Lipinski definition) is 5. The van der Waals surface area contributed by atoms with Crippen LogP contribution in [0, 0.1) is 13.8 Å². The van der Waals surface area contributed by atoms with Gasteiger partial charge in [0.25, 0.3) is 5.91 Å². The highest BCUT2D eigenvalue weighted by Gasteiger charge is 2.28. The monoisotopic (exact) mass is 458 g/mol. The highest BCUT2D eigenvalue weighted by Crippen LogP contribution is 2.29. The number of amides is 3. The minimum atomic E-state index is -0.556. The van der Waals surface area contributed by atoms with E-state index in [0.29, 0.717) is 35.4 Å². The van der Waals surface area contributed by atoms with Gasteiger partial charge >= 0.3 is 5.91 Å². The summed E-state index contributed by atoms with van der Waals surface area (Å²) in [5.74, 6) is -0.441. The van der Waals surface area contributed by atoms with E-state index in [9.17, 15) is 14.4 Å². The first-order valence-corrected chi connectivity index (χ1v) is 11.1. The van der Waals surface area contributed by atoms with E-state index in [1.165, 1.54) is 0 Å². The zero-order valence-corrected chi connectivity index (χ0v) is 19.1. The summed E-state index contributed by atoms with van der Waals surface area (Å²) < 4.78 is 5.83. The molecule has 1 aliphatic rings. The average molecular weight is 459 g/mol. The van der Waals surface area contributed by atoms with Crippen LogP contribution in [0.3, 0.4) is 0 Å². The molecule has 34 heavy (non-hydrogen) atoms. The molecule has 0 unspecified atom stereocenters. The smallest absolute Gasteiger partial charge is 0.305 e. The van der Waals surface area contributed by atoms with Crippen LogP contribution < -0.4 is 16.3 Å². The zero-order valence-electron chi connectivity index (χ0n) is 19.1. The fourth-order valence-electron chi connectivity index (χ4n) is 3.89. The van der Waals surface area contributed by atoms with Gasteiger partial charge in [-0.2, -0.15) is 5.10 Å². The van der Waals surface area contributed by atoms with E-state index < -0.39 is 11.8 Å². The Hall–Kier alpha value is -4.20. The summed E-state index contributed by atoms with van der Waals surface area (Å²) in [6.45, 7) is 3.70. The number of benzene rings is 2. The van der Waals surface area contributed by atoms with Crippen molar-refractivity contribution in [3.8, 4) is 0 Å². The molecule has 3 N–H and O–H groups in total. The molecule has 4 rings (SSSR count). The van der Waals surface area contributed by atoms with Gasteiger partial charge in [-0.25, -0.2) is 5.43 Å². The Balaban J connectivity index is 1.43. The fourth-order valence-corrected chi connectivity index (χ4v) is 3.89. The molecule has 2 aromatic carbocycles. The Kier molecular flexibility index (Phi) is 6.87. The first-order chi connectivity index (χ1) is 16.4. The summed E-state index contributed by atoms with van der Waals surface area (Å²) >= 11 is 0. The number of aryl methyl sites for hydroxylation is 2. The molecule has 0 saturated heterocycles. The van der Waals surface area contributed by atoms with Gasteiger partial charge in [-0.05, 0) is 44.4 Å². The van der Waals surface area contributed by atoms with E-state index in [4.69, 9.17) is 4.42 Å². The topological polar surface area (TPSA) is 113 Å². The molecular formula is C26H26N4O4. The molecule has 0 spiro atoms. The van der Waals surface area contributed by atoms with Gasteiger partial charge in [-0.1, -0.05) is 48.0 Å². The molecule has 0 atom stereocenters. The summed E-state index contributed by atoms with van der Waals surface area (Å²) in [6, 6.07) is 16.4. The van der Waals surface area contributed by atoms with Crippen LogP contribution in [-0.2, 0) is 17.6 Å². The number of fused-ring (bicyclic) bond motifs is 1. The fraction of sp³-hybridized carbons (Fsp3) is 0.231. The number of hydrazine groups is 1. The number of hydrazone groups is 1. The maximum absolute atomic E-state index is 12.7. The first-order valence-electron chi connectivity index (χ1n) is 11.1. The third-order valence-electron chi connectivity index (χ3n) is 5.66. The lowest BCUT2D eigenvalue weighted by Crippen LogP contribution is -2.41. The molecule has 0 bridgehead atoms. The van der Waals surface area contributed by atoms with Crippen molar-refractivity contribution in [3.05, 3.63) is 93.9 Å². The van der Waals surface area contributed by atoms with Crippen molar-refractivity contribution in [2.24, 2.45) is 5.10 Å². The van der Waals surface area contributed by atoms with Gasteiger partial charge in [0.1, 0.15) is 5.76 Å². The van der Waals surface area contributed by atoms with Gasteiger partial charge in [0.15, 0.2) is 5.76 Å². The predicted octanol–water partition coefficient (Wildman–Crippen LogP) is 3.37. The second-order valence-corrected chi connectivity index (χ2v) is 8.24. The molecule has 0 fully saturated rings. The van der Waals surface area contributed by atoms with E-state index in [1.807, 2.05) is 49.4 Å². The number of carbonyl (C=O) groups is 3. The normalized spacial score (nSPS) is 13.8. The number of nitrogens with zero attached hydrogens (tertiary/aromatic N) is 1. The van der Waals surface area contributed by atoms with Gasteiger partial charge in [-0.3, -0.25) is 25.2 Å². The molecule has 0 radical (unpaired) electrons. The van der Waals surface area contributed by atoms with Crippen molar-refractivity contribution in [1.29, 1.82) is 0 Å². The maximum Gasteiger partial charge on any atom is 0.305 e. The summed E-state index contributed by atoms with van der Waals surface area (Å²) in [5, 5.41) is 4.33. The van der Waals surface area contributed by atoms with Crippen LogP contribution in [-0.4, -0.2) is 23.4 Å². The van der Waals surface area contributed by atoms with Crippen LogP contribution in [0.2, 0.25) is 0 Å². The van der Waals surface area contributed by atoms with Gasteiger partial charge in [0.2, 0.25) is 5.91 Å². The molecule has 8 nitrogen and oxygen atoms in total. The van der Waals surface area contributed by atoms with E-state index in [-0.39, 0.29) is 18.1 Å². The van der Waals surface area contributed by atoms with Crippen LogP contribution in [0.1, 0.15) is 61.8 Å². The van der Waals surface area contributed by atoms with Crippen molar-refractivity contribution in [2.75, 3.05) is 0 Å². The summed E-state index contributed by atoms with van der Waals surface area (Å²) in [7, 11) is 0. The van der Waals surface area contributed by atoms with E-state index in [0.717, 1.165) is 23.1 Å². The maximum atomic E-state index is 12.7. The lowest BCUT2D eigenvalue weighted by molar-refractivity contribution is -0.120. The molecule has 8 heteroatoms. The summed E-state index contributed by atoms with van der Waals surface area (Å²) in [4.78, 5) is 37.3. The van der Waals surface area contributed by atoms with E-state index >= 15 is 0 Å². The largest absolute Gasteiger partial charge is 0.455 e. The van der Waals surface area contributed by atoms with Crippen LogP contribution >= 0.6 is 0 Å². The Morgan fingerprint density at radius 2 is 1.62 bits per heavy atom. The lowest BCUT2D eigenvalue weighted by atomic mass is 9.93. The molecule has 1 aliphatic carbocycles. The van der Waals surface area contributed by atoms with Crippen LogP contribution in [0.5, 0.6) is 0 Å². The molecule has 3 aromatic rings. The minimum Gasteiger partial charge on any atom is -0.455 e. The molecule has 3 amide bonds. The first kappa shape index (κ1) is 23.0. The van der Waals surface area contributed by atoms with Crippen molar-refractivity contribution < 1.29 is 18.8 Å². The average Bonchev–Trinajstić information content (AvgIpc) is 3.19. The Morgan fingerprint density at radius 3 is 2.35 bits per heavy atom. The van der Waals surface area contributed by atoms with Gasteiger partial charge in [0.05, 0.1) is 12.1 Å². The van der Waals surface area contributed by atoms with Crippen molar-refractivity contribution in [1.82, 2.24) is 16.3 Å². The molecule has 0 saturated carbocycles. The number of rotatable bonds is 5. The van der Waals surface area contributed by atoms with Crippen LogP contribution in [0.4, 0.5) is 0 Å². The Bertz CT molecular complexity index is 1240. The number of furan rings is 1. The zero-order chi connectivity index (χ0) is 24.1. The van der Waals surface area contributed by atoms with Crippen LogP contribution in [0.25, 0.3) is 0 Å². The molecule has 174 valence electrons. The molecular weight excluding hydrogens is 432 g/mol. The number of hydrogen-bond donors (Lipinski definition) is 3. The molecule has 1 heterocycles. The number of nitrogens with one attached hydrogen (secondary N) is 3. The Morgan fingerprint density at radius 1 is 0.912 bits per heavy atom. The van der Waals surface area contributed by atoms with Crippen molar-refractivity contribution in [3.63, 3.8) is 0 Å². The van der Waals surface area contributed by atoms with Gasteiger partial charge in [0, 0.05) is 23.1 Å². The van der Waals surface area contributed by atoms with Gasteiger partial charge in [-0.15, -0.1) is 0 Å². The summed E-state index contributed by atoms with van der Waals surface area (Å²) in [5.41, 5.74) is 11.8. The quantitative estimate of drug-likeness (QED) is 0.509. The van der Waals surface area contributed by atoms with Crippen molar-refractivity contribution >= 4 is 23.4 Å². The third kappa shape index (κ3) is 5.23. The van der Waals surface area contributed by atoms with E-state index in [1.54, 1.807) is 19.1 Å². The second-order valence-electron chi connectivity index (χ2n) is 8.24. The molecule has 0 aliphatic heterocycles. The minimum absolute atomic E-state index is 0.111. The van der Waals surface area contributed by atoms with Gasteiger partial charge < -0.3 is 4.42 Å². The SMILES string of the molecule is Cc1ccc(C(=O)NNC(=O)c2oc3c(c2C)/C(=N/NC(=O)Cc2ccccc2)CCC3)cc1. The summed E-state index contributed by atoms with van der Waals surface area (Å²) in [6.07, 6.45) is 2.34. The highest BCUT2D eigenvalue weighted by molar-refractivity contribution is 6.07. The van der Waals surface area contributed by atoms with Crippen LogP contribution in [0.15, 0.2) is 64.1 Å². The number of carbonyl (C=O) groups excluding carboxylic acids is 3. The highest BCUT2D eigenvalue weighted by atomic mass is 16.4. The predicted molar refractivity (Wildman–Crippen MR) is 127 cm³/mol. The third-order valence-corrected chi connectivity index (χ3v) is 5.66.